The van der Waals surface area contributed by atoms with E-state index in [-0.39, 0.29) is 36.8 Å². The summed E-state index contributed by atoms with van der Waals surface area (Å²) in [5.74, 6) is -1.07. The second-order valence-corrected chi connectivity index (χ2v) is 8.90. The number of anilines is 1. The zero-order valence-electron chi connectivity index (χ0n) is 18.5. The third-order valence-electron chi connectivity index (χ3n) is 6.11. The number of nitrogens with zero attached hydrogens (tertiary/aromatic N) is 1. The number of nitrogens with one attached hydrogen (secondary N) is 1. The van der Waals surface area contributed by atoms with E-state index in [1.165, 1.54) is 6.92 Å². The Kier molecular flexibility index (Phi) is 6.53. The lowest BCUT2D eigenvalue weighted by atomic mass is 9.82. The molecule has 1 heterocycles. The number of benzene rings is 2. The molecule has 2 aromatic rings. The highest BCUT2D eigenvalue weighted by Crippen LogP contribution is 2.42. The average Bonchev–Trinajstić information content (AvgIpc) is 3.19. The summed E-state index contributed by atoms with van der Waals surface area (Å²) in [7, 11) is 0. The lowest BCUT2D eigenvalue weighted by molar-refractivity contribution is -0.120. The zero-order valence-corrected chi connectivity index (χ0v) is 18.5. The van der Waals surface area contributed by atoms with Gasteiger partial charge in [0.2, 0.25) is 11.8 Å². The van der Waals surface area contributed by atoms with Crippen LogP contribution in [0.15, 0.2) is 48.5 Å². The van der Waals surface area contributed by atoms with Crippen LogP contribution in [0.5, 0.6) is 11.5 Å². The number of hydrogen-bond donors (Lipinski definition) is 1. The Labute approximate surface area is 187 Å². The number of carbonyl (C=O) groups is 1. The first kappa shape index (κ1) is 22.4. The van der Waals surface area contributed by atoms with Crippen LogP contribution in [0.2, 0.25) is 0 Å². The predicted molar refractivity (Wildman–Crippen MR) is 120 cm³/mol. The van der Waals surface area contributed by atoms with Gasteiger partial charge < -0.3 is 19.7 Å². The van der Waals surface area contributed by atoms with E-state index in [1.807, 2.05) is 55.5 Å². The van der Waals surface area contributed by atoms with Crippen LogP contribution in [0.3, 0.4) is 0 Å². The van der Waals surface area contributed by atoms with Gasteiger partial charge in [-0.2, -0.15) is 0 Å². The van der Waals surface area contributed by atoms with Crippen LogP contribution in [-0.2, 0) is 4.79 Å². The molecule has 0 bridgehead atoms. The molecule has 5 nitrogen and oxygen atoms in total. The first-order chi connectivity index (χ1) is 15.3. The van der Waals surface area contributed by atoms with Gasteiger partial charge in [0.15, 0.2) is 0 Å². The van der Waals surface area contributed by atoms with Crippen LogP contribution >= 0.6 is 0 Å². The Morgan fingerprint density at radius 3 is 2.41 bits per heavy atom. The van der Waals surface area contributed by atoms with Crippen molar-refractivity contribution < 1.29 is 23.0 Å². The molecule has 32 heavy (non-hydrogen) atoms. The second-order valence-electron chi connectivity index (χ2n) is 8.90. The summed E-state index contributed by atoms with van der Waals surface area (Å²) >= 11 is 0. The van der Waals surface area contributed by atoms with E-state index in [9.17, 15) is 13.6 Å². The lowest BCUT2D eigenvalue weighted by Gasteiger charge is -2.34. The van der Waals surface area contributed by atoms with Crippen molar-refractivity contribution >= 4 is 11.6 Å². The van der Waals surface area contributed by atoms with Crippen molar-refractivity contribution in [2.45, 2.75) is 51.2 Å². The largest absolute Gasteiger partial charge is 0.493 e. The molecule has 172 valence electrons. The SMILES string of the molecule is CC(=O)NC(C)c1ccc(OC2CCN(c3ccc(OCC4CC(F)(F)C4)cc3)C2)cc1. The number of carbonyl (C=O) groups excluding carboxylic acids is 1. The third kappa shape index (κ3) is 5.69. The summed E-state index contributed by atoms with van der Waals surface area (Å²) < 4.78 is 37.7. The fourth-order valence-electron chi connectivity index (χ4n) is 4.34. The maximum absolute atomic E-state index is 12.9. The molecular weight excluding hydrogens is 414 g/mol. The Bertz CT molecular complexity index is 910. The first-order valence-electron chi connectivity index (χ1n) is 11.2. The van der Waals surface area contributed by atoms with E-state index in [1.54, 1.807) is 0 Å². The molecular formula is C25H30F2N2O3. The average molecular weight is 445 g/mol. The summed E-state index contributed by atoms with van der Waals surface area (Å²) in [6.45, 7) is 5.51. The van der Waals surface area contributed by atoms with Crippen LogP contribution in [0, 0.1) is 5.92 Å². The molecule has 1 N–H and O–H groups in total. The summed E-state index contributed by atoms with van der Waals surface area (Å²) in [6.07, 6.45) is 0.886. The van der Waals surface area contributed by atoms with E-state index in [2.05, 4.69) is 10.2 Å². The number of ether oxygens (including phenoxy) is 2. The molecule has 1 amide bonds. The highest BCUT2D eigenvalue weighted by Gasteiger charge is 2.45. The molecule has 1 aliphatic heterocycles. The Hall–Kier alpha value is -2.83. The van der Waals surface area contributed by atoms with Gasteiger partial charge >= 0.3 is 0 Å². The maximum Gasteiger partial charge on any atom is 0.248 e. The van der Waals surface area contributed by atoms with Crippen molar-refractivity contribution in [2.24, 2.45) is 5.92 Å². The second kappa shape index (κ2) is 9.35. The molecule has 1 saturated carbocycles. The Balaban J connectivity index is 1.24. The highest BCUT2D eigenvalue weighted by molar-refractivity contribution is 5.73. The van der Waals surface area contributed by atoms with Gasteiger partial charge in [0, 0.05) is 44.3 Å². The van der Waals surface area contributed by atoms with E-state index in [0.717, 1.165) is 36.5 Å². The smallest absolute Gasteiger partial charge is 0.248 e. The van der Waals surface area contributed by atoms with Crippen molar-refractivity contribution in [1.82, 2.24) is 5.32 Å². The van der Waals surface area contributed by atoms with Gasteiger partial charge in [-0.3, -0.25) is 4.79 Å². The van der Waals surface area contributed by atoms with Gasteiger partial charge in [-0.15, -0.1) is 0 Å². The van der Waals surface area contributed by atoms with Gasteiger partial charge in [0.1, 0.15) is 17.6 Å². The maximum atomic E-state index is 12.9. The number of alkyl halides is 2. The normalized spacial score (nSPS) is 21.0. The van der Waals surface area contributed by atoms with Gasteiger partial charge in [-0.1, -0.05) is 12.1 Å². The minimum Gasteiger partial charge on any atom is -0.493 e. The lowest BCUT2D eigenvalue weighted by Crippen LogP contribution is -2.38. The molecule has 2 aliphatic rings. The third-order valence-corrected chi connectivity index (χ3v) is 6.11. The van der Waals surface area contributed by atoms with Gasteiger partial charge in [0.25, 0.3) is 0 Å². The topological polar surface area (TPSA) is 50.8 Å². The quantitative estimate of drug-likeness (QED) is 0.625. The Morgan fingerprint density at radius 2 is 1.78 bits per heavy atom. The summed E-state index contributed by atoms with van der Waals surface area (Å²) in [4.78, 5) is 13.5. The van der Waals surface area contributed by atoms with E-state index in [4.69, 9.17) is 9.47 Å². The fourth-order valence-corrected chi connectivity index (χ4v) is 4.34. The van der Waals surface area contributed by atoms with Crippen LogP contribution in [0.25, 0.3) is 0 Å². The molecule has 2 fully saturated rings. The van der Waals surface area contributed by atoms with Crippen molar-refractivity contribution in [1.29, 1.82) is 0 Å². The molecule has 1 saturated heterocycles. The number of halogens is 2. The van der Waals surface area contributed by atoms with Gasteiger partial charge in [-0.05, 0) is 48.9 Å². The van der Waals surface area contributed by atoms with E-state index >= 15 is 0 Å². The summed E-state index contributed by atoms with van der Waals surface area (Å²) in [6, 6.07) is 15.6. The molecule has 0 aromatic heterocycles. The van der Waals surface area contributed by atoms with Gasteiger partial charge in [0.05, 0.1) is 19.2 Å². The van der Waals surface area contributed by atoms with E-state index in [0.29, 0.717) is 12.4 Å². The molecule has 0 spiro atoms. The molecule has 2 unspecified atom stereocenters. The monoisotopic (exact) mass is 444 g/mol. The van der Waals surface area contributed by atoms with Crippen LogP contribution in [0.1, 0.15) is 44.7 Å². The van der Waals surface area contributed by atoms with Gasteiger partial charge in [-0.25, -0.2) is 8.78 Å². The van der Waals surface area contributed by atoms with Crippen LogP contribution in [-0.4, -0.2) is 37.6 Å². The van der Waals surface area contributed by atoms with Crippen LogP contribution < -0.4 is 19.7 Å². The van der Waals surface area contributed by atoms with Crippen LogP contribution in [0.4, 0.5) is 14.5 Å². The molecule has 1 aliphatic carbocycles. The van der Waals surface area contributed by atoms with Crippen molar-refractivity contribution in [3.63, 3.8) is 0 Å². The minimum absolute atomic E-state index is 0.0369. The number of amides is 1. The molecule has 4 rings (SSSR count). The van der Waals surface area contributed by atoms with Crippen molar-refractivity contribution in [3.8, 4) is 11.5 Å². The molecule has 2 atom stereocenters. The predicted octanol–water partition coefficient (Wildman–Crippen LogP) is 4.97. The summed E-state index contributed by atoms with van der Waals surface area (Å²) in [5, 5.41) is 2.88. The number of rotatable bonds is 8. The summed E-state index contributed by atoms with van der Waals surface area (Å²) in [5.41, 5.74) is 2.13. The minimum atomic E-state index is -2.50. The first-order valence-corrected chi connectivity index (χ1v) is 11.2. The standard InChI is InChI=1S/C25H30F2N2O3/c1-17(28-18(2)30)20-3-7-23(8-4-20)32-24-11-12-29(15-24)21-5-9-22(10-6-21)31-16-19-13-25(26,27)14-19/h3-10,17,19,24H,11-16H2,1-2H3,(H,28,30). The Morgan fingerprint density at radius 1 is 1.12 bits per heavy atom. The zero-order chi connectivity index (χ0) is 22.7. The van der Waals surface area contributed by atoms with E-state index < -0.39 is 5.92 Å². The number of hydrogen-bond acceptors (Lipinski definition) is 4. The van der Waals surface area contributed by atoms with Crippen molar-refractivity contribution in [2.75, 3.05) is 24.6 Å². The van der Waals surface area contributed by atoms with Crippen molar-refractivity contribution in [3.05, 3.63) is 54.1 Å². The molecule has 0 radical (unpaired) electrons. The molecule has 2 aromatic carbocycles. The fraction of sp³-hybridized carbons (Fsp3) is 0.480. The highest BCUT2D eigenvalue weighted by atomic mass is 19.3. The molecule has 7 heteroatoms.